The molecule has 2 heterocycles. The molecule has 0 aliphatic rings. The zero-order valence-corrected chi connectivity index (χ0v) is 19.4. The summed E-state index contributed by atoms with van der Waals surface area (Å²) in [6, 6.07) is 7.96. The Labute approximate surface area is 186 Å². The van der Waals surface area contributed by atoms with Crippen LogP contribution in [0.25, 0.3) is 22.1 Å². The number of rotatable bonds is 5. The first-order valence-electron chi connectivity index (χ1n) is 11.0. The number of aryl methyl sites for hydroxylation is 4. The van der Waals surface area contributed by atoms with Gasteiger partial charge >= 0.3 is 6.18 Å². The number of hydrogen-bond donors (Lipinski definition) is 0. The predicted molar refractivity (Wildman–Crippen MR) is 122 cm³/mol. The Morgan fingerprint density at radius 2 is 1.38 bits per heavy atom. The Bertz CT molecular complexity index is 1290. The van der Waals surface area contributed by atoms with Crippen molar-refractivity contribution in [2.45, 2.75) is 72.6 Å². The van der Waals surface area contributed by atoms with Gasteiger partial charge in [0.2, 0.25) is 5.82 Å². The van der Waals surface area contributed by atoms with Crippen molar-refractivity contribution in [1.82, 2.24) is 19.1 Å². The molecule has 7 heteroatoms. The largest absolute Gasteiger partial charge is 0.449 e. The molecule has 4 nitrogen and oxygen atoms in total. The minimum Gasteiger partial charge on any atom is -0.328 e. The Balaban J connectivity index is 1.72. The van der Waals surface area contributed by atoms with E-state index in [2.05, 4.69) is 47.4 Å². The van der Waals surface area contributed by atoms with E-state index in [9.17, 15) is 13.2 Å². The second-order valence-corrected chi connectivity index (χ2v) is 9.18. The number of fused-ring (bicyclic) bond motifs is 2. The Morgan fingerprint density at radius 1 is 0.812 bits per heavy atom. The van der Waals surface area contributed by atoms with Gasteiger partial charge in [-0.2, -0.15) is 13.2 Å². The number of benzene rings is 2. The SMILES string of the molecule is Cc1cc2ncn(C(C)C)c2cc1CCc1cc2c(cc1C)nc(C(F)(F)F)n2C(C)C. The number of halogens is 3. The molecular weight excluding hydrogens is 413 g/mol. The summed E-state index contributed by atoms with van der Waals surface area (Å²) < 4.78 is 44.1. The highest BCUT2D eigenvalue weighted by atomic mass is 19.4. The maximum absolute atomic E-state index is 13.6. The van der Waals surface area contributed by atoms with E-state index in [4.69, 9.17) is 0 Å². The highest BCUT2D eigenvalue weighted by Crippen LogP contribution is 2.35. The highest BCUT2D eigenvalue weighted by Gasteiger charge is 2.38. The lowest BCUT2D eigenvalue weighted by atomic mass is 9.97. The fourth-order valence-electron chi connectivity index (χ4n) is 4.45. The van der Waals surface area contributed by atoms with Crippen LogP contribution in [-0.2, 0) is 19.0 Å². The fraction of sp³-hybridized carbons (Fsp3) is 0.440. The molecule has 2 aromatic heterocycles. The molecule has 0 atom stereocenters. The van der Waals surface area contributed by atoms with Crippen LogP contribution in [0.15, 0.2) is 30.6 Å². The van der Waals surface area contributed by atoms with E-state index in [0.29, 0.717) is 17.1 Å². The molecule has 0 N–H and O–H groups in total. The van der Waals surface area contributed by atoms with Gasteiger partial charge in [-0.1, -0.05) is 0 Å². The van der Waals surface area contributed by atoms with Crippen LogP contribution in [0.2, 0.25) is 0 Å². The number of hydrogen-bond acceptors (Lipinski definition) is 2. The summed E-state index contributed by atoms with van der Waals surface area (Å²) in [5.74, 6) is -0.831. The molecule has 0 spiro atoms. The third-order valence-corrected chi connectivity index (χ3v) is 6.17. The van der Waals surface area contributed by atoms with Crippen molar-refractivity contribution in [3.05, 3.63) is 58.7 Å². The summed E-state index contributed by atoms with van der Waals surface area (Å²) in [6.45, 7) is 11.8. The summed E-state index contributed by atoms with van der Waals surface area (Å²) in [5.41, 5.74) is 7.45. The van der Waals surface area contributed by atoms with Gasteiger partial charge in [-0.3, -0.25) is 0 Å². The third kappa shape index (κ3) is 3.89. The second kappa shape index (κ2) is 7.94. The number of alkyl halides is 3. The fourth-order valence-corrected chi connectivity index (χ4v) is 4.45. The average molecular weight is 443 g/mol. The first kappa shape index (κ1) is 22.4. The zero-order chi connectivity index (χ0) is 23.4. The highest BCUT2D eigenvalue weighted by molar-refractivity contribution is 5.79. The van der Waals surface area contributed by atoms with Gasteiger partial charge in [0.25, 0.3) is 0 Å². The standard InChI is InChI=1S/C25H29F3N4/c1-14(2)31-13-29-20-9-16(5)18(11-22(20)31)7-8-19-12-23-21(10-17(19)6)30-24(25(26,27)28)32(23)15(3)4/h9-15H,7-8H2,1-6H3. The maximum atomic E-state index is 13.6. The molecule has 32 heavy (non-hydrogen) atoms. The molecule has 0 unspecified atom stereocenters. The average Bonchev–Trinajstić information content (AvgIpc) is 3.26. The van der Waals surface area contributed by atoms with Crippen molar-refractivity contribution in [2.75, 3.05) is 0 Å². The minimum absolute atomic E-state index is 0.319. The van der Waals surface area contributed by atoms with Crippen LogP contribution < -0.4 is 0 Å². The van der Waals surface area contributed by atoms with Gasteiger partial charge in [-0.05, 0) is 101 Å². The summed E-state index contributed by atoms with van der Waals surface area (Å²) >= 11 is 0. The first-order valence-corrected chi connectivity index (χ1v) is 11.0. The molecule has 0 fully saturated rings. The number of aromatic nitrogens is 4. The summed E-state index contributed by atoms with van der Waals surface area (Å²) in [5, 5.41) is 0. The number of imidazole rings is 2. The quantitative estimate of drug-likeness (QED) is 0.335. The summed E-state index contributed by atoms with van der Waals surface area (Å²) in [4.78, 5) is 8.44. The van der Waals surface area contributed by atoms with Gasteiger partial charge in [0.15, 0.2) is 0 Å². The van der Waals surface area contributed by atoms with Crippen LogP contribution in [0.5, 0.6) is 0 Å². The minimum atomic E-state index is -4.48. The number of nitrogens with zero attached hydrogens (tertiary/aromatic N) is 4. The lowest BCUT2D eigenvalue weighted by molar-refractivity contribution is -0.147. The van der Waals surface area contributed by atoms with Crippen LogP contribution in [0, 0.1) is 13.8 Å². The molecule has 4 rings (SSSR count). The van der Waals surface area contributed by atoms with Crippen molar-refractivity contribution in [1.29, 1.82) is 0 Å². The van der Waals surface area contributed by atoms with Gasteiger partial charge in [-0.25, -0.2) is 9.97 Å². The van der Waals surface area contributed by atoms with Crippen LogP contribution in [0.4, 0.5) is 13.2 Å². The van der Waals surface area contributed by atoms with E-state index in [-0.39, 0.29) is 6.04 Å². The van der Waals surface area contributed by atoms with E-state index in [1.165, 1.54) is 15.7 Å². The molecule has 170 valence electrons. The molecular formula is C25H29F3N4. The van der Waals surface area contributed by atoms with Gasteiger partial charge in [-0.15, -0.1) is 0 Å². The molecule has 4 aromatic rings. The van der Waals surface area contributed by atoms with Crippen molar-refractivity contribution in [3.63, 3.8) is 0 Å². The lowest BCUT2D eigenvalue weighted by Gasteiger charge is -2.15. The van der Waals surface area contributed by atoms with E-state index in [0.717, 1.165) is 35.0 Å². The summed E-state index contributed by atoms with van der Waals surface area (Å²) in [6.07, 6.45) is -1.06. The van der Waals surface area contributed by atoms with Crippen molar-refractivity contribution >= 4 is 22.1 Å². The smallest absolute Gasteiger partial charge is 0.328 e. The Morgan fingerprint density at radius 3 is 1.91 bits per heavy atom. The molecule has 0 saturated carbocycles. The molecule has 0 aliphatic heterocycles. The normalized spacial score (nSPS) is 12.7. The molecule has 2 aromatic carbocycles. The van der Waals surface area contributed by atoms with E-state index < -0.39 is 12.0 Å². The van der Waals surface area contributed by atoms with E-state index in [1.807, 2.05) is 19.3 Å². The van der Waals surface area contributed by atoms with E-state index in [1.54, 1.807) is 19.9 Å². The van der Waals surface area contributed by atoms with Crippen molar-refractivity contribution in [3.8, 4) is 0 Å². The van der Waals surface area contributed by atoms with Crippen LogP contribution in [0.3, 0.4) is 0 Å². The lowest BCUT2D eigenvalue weighted by Crippen LogP contribution is -2.16. The van der Waals surface area contributed by atoms with Gasteiger partial charge in [0, 0.05) is 12.1 Å². The molecule has 0 amide bonds. The Kier molecular flexibility index (Phi) is 5.55. The topological polar surface area (TPSA) is 35.6 Å². The van der Waals surface area contributed by atoms with Gasteiger partial charge in [0.05, 0.1) is 28.4 Å². The molecule has 0 radical (unpaired) electrons. The van der Waals surface area contributed by atoms with Crippen molar-refractivity contribution < 1.29 is 13.2 Å². The molecule has 0 aliphatic carbocycles. The zero-order valence-electron chi connectivity index (χ0n) is 19.4. The van der Waals surface area contributed by atoms with Crippen LogP contribution >= 0.6 is 0 Å². The maximum Gasteiger partial charge on any atom is 0.449 e. The molecule has 0 saturated heterocycles. The van der Waals surface area contributed by atoms with E-state index >= 15 is 0 Å². The first-order chi connectivity index (χ1) is 15.0. The van der Waals surface area contributed by atoms with Crippen molar-refractivity contribution in [2.24, 2.45) is 0 Å². The predicted octanol–water partition coefficient (Wildman–Crippen LogP) is 6.97. The summed E-state index contributed by atoms with van der Waals surface area (Å²) in [7, 11) is 0. The molecule has 0 bridgehead atoms. The third-order valence-electron chi connectivity index (χ3n) is 6.17. The van der Waals surface area contributed by atoms with Crippen LogP contribution in [-0.4, -0.2) is 19.1 Å². The van der Waals surface area contributed by atoms with Gasteiger partial charge < -0.3 is 9.13 Å². The van der Waals surface area contributed by atoms with Crippen LogP contribution in [0.1, 0.15) is 67.9 Å². The Hall–Kier alpha value is -2.83. The van der Waals surface area contributed by atoms with Gasteiger partial charge in [0.1, 0.15) is 0 Å². The monoisotopic (exact) mass is 442 g/mol. The second-order valence-electron chi connectivity index (χ2n) is 9.18.